The van der Waals surface area contributed by atoms with Gasteiger partial charge in [0, 0.05) is 24.3 Å². The average Bonchev–Trinajstić information content (AvgIpc) is 3.23. The number of amides is 1. The van der Waals surface area contributed by atoms with Gasteiger partial charge in [0.15, 0.2) is 0 Å². The zero-order valence-corrected chi connectivity index (χ0v) is 11.1. The van der Waals surface area contributed by atoms with Crippen molar-refractivity contribution in [3.05, 3.63) is 29.8 Å². The summed E-state index contributed by atoms with van der Waals surface area (Å²) in [6.07, 6.45) is 4.70. The molecule has 2 fully saturated rings. The second-order valence-corrected chi connectivity index (χ2v) is 5.72. The predicted molar refractivity (Wildman–Crippen MR) is 75.5 cm³/mol. The monoisotopic (exact) mass is 259 g/mol. The Hall–Kier alpha value is -1.55. The van der Waals surface area contributed by atoms with Crippen LogP contribution < -0.4 is 11.1 Å². The maximum absolute atomic E-state index is 11.9. The highest BCUT2D eigenvalue weighted by molar-refractivity contribution is 5.78. The summed E-state index contributed by atoms with van der Waals surface area (Å²) in [6.45, 7) is 1.32. The molecular weight excluding hydrogens is 238 g/mol. The lowest BCUT2D eigenvalue weighted by atomic mass is 10.2. The number of carbonyl (C=O) groups is 1. The van der Waals surface area contributed by atoms with Gasteiger partial charge in [-0.2, -0.15) is 0 Å². The first-order valence-electron chi connectivity index (χ1n) is 7.08. The summed E-state index contributed by atoms with van der Waals surface area (Å²) in [6, 6.07) is 8.95. The van der Waals surface area contributed by atoms with Crippen LogP contribution in [0.1, 0.15) is 31.2 Å². The first kappa shape index (κ1) is 12.5. The van der Waals surface area contributed by atoms with Crippen LogP contribution >= 0.6 is 0 Å². The number of hydrogen-bond acceptors (Lipinski definition) is 3. The number of nitrogens with one attached hydrogen (secondary N) is 1. The molecule has 0 atom stereocenters. The molecule has 0 saturated heterocycles. The summed E-state index contributed by atoms with van der Waals surface area (Å²) in [5.74, 6) is 0.165. The first-order valence-corrected chi connectivity index (χ1v) is 7.08. The van der Waals surface area contributed by atoms with Crippen molar-refractivity contribution in [1.82, 2.24) is 10.2 Å². The van der Waals surface area contributed by atoms with Crippen LogP contribution in [-0.4, -0.2) is 29.4 Å². The quantitative estimate of drug-likeness (QED) is 0.761. The number of anilines is 1. The van der Waals surface area contributed by atoms with E-state index >= 15 is 0 Å². The molecule has 4 heteroatoms. The van der Waals surface area contributed by atoms with E-state index in [1.54, 1.807) is 0 Å². The van der Waals surface area contributed by atoms with Crippen molar-refractivity contribution in [2.75, 3.05) is 12.3 Å². The zero-order valence-electron chi connectivity index (χ0n) is 11.1. The van der Waals surface area contributed by atoms with Crippen LogP contribution in [0.15, 0.2) is 24.3 Å². The standard InChI is InChI=1S/C15H21N3O/c16-12-3-1-2-11(8-12)9-18(14-6-7-14)10-15(19)17-13-4-5-13/h1-3,8,13-14H,4-7,9-10,16H2,(H,17,19). The summed E-state index contributed by atoms with van der Waals surface area (Å²) < 4.78 is 0. The Labute approximate surface area is 114 Å². The van der Waals surface area contributed by atoms with Crippen molar-refractivity contribution in [2.45, 2.75) is 44.3 Å². The normalized spacial score (nSPS) is 18.6. The SMILES string of the molecule is Nc1cccc(CN(CC(=O)NC2CC2)C2CC2)c1. The molecule has 2 aliphatic carbocycles. The van der Waals surface area contributed by atoms with Crippen molar-refractivity contribution >= 4 is 11.6 Å². The highest BCUT2D eigenvalue weighted by Gasteiger charge is 2.31. The number of rotatable bonds is 6. The molecule has 4 nitrogen and oxygen atoms in total. The molecule has 19 heavy (non-hydrogen) atoms. The second kappa shape index (κ2) is 5.21. The van der Waals surface area contributed by atoms with Crippen LogP contribution in [0.25, 0.3) is 0 Å². The number of carbonyl (C=O) groups excluding carboxylic acids is 1. The maximum Gasteiger partial charge on any atom is 0.234 e. The Morgan fingerprint density at radius 3 is 2.74 bits per heavy atom. The Morgan fingerprint density at radius 2 is 2.11 bits per heavy atom. The summed E-state index contributed by atoms with van der Waals surface area (Å²) in [5, 5.41) is 3.06. The molecule has 0 radical (unpaired) electrons. The lowest BCUT2D eigenvalue weighted by molar-refractivity contribution is -0.122. The third-order valence-electron chi connectivity index (χ3n) is 3.69. The lowest BCUT2D eigenvalue weighted by Gasteiger charge is -2.21. The Morgan fingerprint density at radius 1 is 1.32 bits per heavy atom. The van der Waals surface area contributed by atoms with E-state index in [-0.39, 0.29) is 5.91 Å². The molecule has 0 aromatic heterocycles. The molecule has 2 aliphatic rings. The van der Waals surface area contributed by atoms with E-state index in [0.717, 1.165) is 25.1 Å². The number of benzene rings is 1. The molecule has 3 N–H and O–H groups in total. The van der Waals surface area contributed by atoms with Gasteiger partial charge in [0.05, 0.1) is 6.54 Å². The summed E-state index contributed by atoms with van der Waals surface area (Å²) in [7, 11) is 0. The minimum absolute atomic E-state index is 0.165. The van der Waals surface area contributed by atoms with Crippen molar-refractivity contribution < 1.29 is 4.79 Å². The summed E-state index contributed by atoms with van der Waals surface area (Å²) in [4.78, 5) is 14.2. The van der Waals surface area contributed by atoms with Crippen LogP contribution in [0.3, 0.4) is 0 Å². The third kappa shape index (κ3) is 3.70. The van der Waals surface area contributed by atoms with Crippen molar-refractivity contribution in [1.29, 1.82) is 0 Å². The largest absolute Gasteiger partial charge is 0.399 e. The molecule has 102 valence electrons. The smallest absolute Gasteiger partial charge is 0.234 e. The van der Waals surface area contributed by atoms with Crippen molar-refractivity contribution in [3.8, 4) is 0 Å². The fourth-order valence-corrected chi connectivity index (χ4v) is 2.37. The number of nitrogen functional groups attached to an aromatic ring is 1. The average molecular weight is 259 g/mol. The van der Waals surface area contributed by atoms with Gasteiger partial charge in [-0.25, -0.2) is 0 Å². The van der Waals surface area contributed by atoms with Crippen LogP contribution in [0.4, 0.5) is 5.69 Å². The Kier molecular flexibility index (Phi) is 3.42. The van der Waals surface area contributed by atoms with Gasteiger partial charge >= 0.3 is 0 Å². The van der Waals surface area contributed by atoms with E-state index in [1.807, 2.05) is 18.2 Å². The highest BCUT2D eigenvalue weighted by Crippen LogP contribution is 2.28. The van der Waals surface area contributed by atoms with Gasteiger partial charge in [-0.3, -0.25) is 9.69 Å². The maximum atomic E-state index is 11.9. The summed E-state index contributed by atoms with van der Waals surface area (Å²) >= 11 is 0. The minimum atomic E-state index is 0.165. The Balaban J connectivity index is 1.58. The van der Waals surface area contributed by atoms with Gasteiger partial charge in [-0.15, -0.1) is 0 Å². The molecule has 1 amide bonds. The number of nitrogens with two attached hydrogens (primary N) is 1. The van der Waals surface area contributed by atoms with Gasteiger partial charge in [0.1, 0.15) is 0 Å². The number of nitrogens with zero attached hydrogens (tertiary/aromatic N) is 1. The molecule has 1 aromatic carbocycles. The topological polar surface area (TPSA) is 58.4 Å². The fourth-order valence-electron chi connectivity index (χ4n) is 2.37. The van der Waals surface area contributed by atoms with Crippen LogP contribution in [0, 0.1) is 0 Å². The molecule has 0 aliphatic heterocycles. The first-order chi connectivity index (χ1) is 9.20. The second-order valence-electron chi connectivity index (χ2n) is 5.72. The van der Waals surface area contributed by atoms with Gasteiger partial charge in [-0.05, 0) is 43.4 Å². The van der Waals surface area contributed by atoms with Crippen LogP contribution in [0.2, 0.25) is 0 Å². The van der Waals surface area contributed by atoms with Crippen LogP contribution in [-0.2, 0) is 11.3 Å². The van der Waals surface area contributed by atoms with E-state index in [9.17, 15) is 4.79 Å². The molecule has 2 saturated carbocycles. The van der Waals surface area contributed by atoms with E-state index in [0.29, 0.717) is 18.6 Å². The zero-order chi connectivity index (χ0) is 13.2. The molecule has 3 rings (SSSR count). The Bertz CT molecular complexity index is 466. The van der Waals surface area contributed by atoms with Gasteiger partial charge < -0.3 is 11.1 Å². The molecule has 0 unspecified atom stereocenters. The van der Waals surface area contributed by atoms with Crippen molar-refractivity contribution in [3.63, 3.8) is 0 Å². The van der Waals surface area contributed by atoms with Gasteiger partial charge in [-0.1, -0.05) is 12.1 Å². The molecule has 0 heterocycles. The van der Waals surface area contributed by atoms with Gasteiger partial charge in [0.2, 0.25) is 5.91 Å². The van der Waals surface area contributed by atoms with E-state index < -0.39 is 0 Å². The molecule has 1 aromatic rings. The molecular formula is C15H21N3O. The van der Waals surface area contributed by atoms with E-state index in [4.69, 9.17) is 5.73 Å². The molecule has 0 bridgehead atoms. The lowest BCUT2D eigenvalue weighted by Crippen LogP contribution is -2.38. The van der Waals surface area contributed by atoms with Gasteiger partial charge in [0.25, 0.3) is 0 Å². The molecule has 0 spiro atoms. The number of hydrogen-bond donors (Lipinski definition) is 2. The van der Waals surface area contributed by atoms with E-state index in [1.165, 1.54) is 18.4 Å². The summed E-state index contributed by atoms with van der Waals surface area (Å²) in [5.41, 5.74) is 7.78. The fraction of sp³-hybridized carbons (Fsp3) is 0.533. The van der Waals surface area contributed by atoms with Crippen LogP contribution in [0.5, 0.6) is 0 Å². The predicted octanol–water partition coefficient (Wildman–Crippen LogP) is 1.51. The third-order valence-corrected chi connectivity index (χ3v) is 3.69. The van der Waals surface area contributed by atoms with E-state index in [2.05, 4.69) is 16.3 Å². The van der Waals surface area contributed by atoms with Crippen molar-refractivity contribution in [2.24, 2.45) is 0 Å². The minimum Gasteiger partial charge on any atom is -0.399 e. The highest BCUT2D eigenvalue weighted by atomic mass is 16.2.